The maximum Gasteiger partial charge on any atom is 0.430 e. The van der Waals surface area contributed by atoms with Crippen LogP contribution in [0, 0.1) is 17.5 Å². The van der Waals surface area contributed by atoms with Gasteiger partial charge in [-0.15, -0.1) is 0 Å². The van der Waals surface area contributed by atoms with E-state index in [0.717, 1.165) is 48.0 Å². The largest absolute Gasteiger partial charge is 0.430 e. The van der Waals surface area contributed by atoms with Gasteiger partial charge < -0.3 is 4.74 Å². The average Bonchev–Trinajstić information content (AvgIpc) is 3.47. The second-order valence-electron chi connectivity index (χ2n) is 12.0. The third kappa shape index (κ3) is 6.28. The maximum atomic E-state index is 14.6. The number of sulfone groups is 1. The molecule has 16 heteroatoms. The SMILES string of the molecule is O=S(=O)(c1ccc(F)cc1)C1(c2ccc(C(OCc3c(F)cccc3F)(C(F)(F)F)C(F)(F)F)cc2)CCc2c(cnn2Cc2ccncc2)C1. The first-order valence-corrected chi connectivity index (χ1v) is 16.7. The highest BCUT2D eigenvalue weighted by molar-refractivity contribution is 7.92. The highest BCUT2D eigenvalue weighted by Crippen LogP contribution is 2.54. The van der Waals surface area contributed by atoms with E-state index in [1.807, 2.05) is 0 Å². The Morgan fingerprint density at radius 1 is 0.804 bits per heavy atom. The van der Waals surface area contributed by atoms with Crippen LogP contribution in [0.15, 0.2) is 102 Å². The normalized spacial score (nSPS) is 17.0. The molecule has 51 heavy (non-hydrogen) atoms. The molecule has 3 aromatic carbocycles. The Morgan fingerprint density at radius 2 is 1.41 bits per heavy atom. The number of nitrogens with zero attached hydrogens (tertiary/aromatic N) is 3. The molecule has 0 amide bonds. The summed E-state index contributed by atoms with van der Waals surface area (Å²) in [6, 6.07) is 12.2. The molecule has 1 unspecified atom stereocenters. The van der Waals surface area contributed by atoms with Gasteiger partial charge in [0, 0.05) is 29.2 Å². The summed E-state index contributed by atoms with van der Waals surface area (Å²) >= 11 is 0. The molecule has 0 saturated heterocycles. The minimum Gasteiger partial charge on any atom is -0.349 e. The molecular weight excluding hydrogens is 713 g/mol. The molecule has 2 heterocycles. The van der Waals surface area contributed by atoms with Crippen molar-refractivity contribution in [2.45, 2.75) is 60.0 Å². The number of benzene rings is 3. The van der Waals surface area contributed by atoms with Crippen LogP contribution >= 0.6 is 0 Å². The van der Waals surface area contributed by atoms with Crippen molar-refractivity contribution in [1.82, 2.24) is 14.8 Å². The minimum atomic E-state index is -6.20. The van der Waals surface area contributed by atoms with E-state index < -0.39 is 67.7 Å². The summed E-state index contributed by atoms with van der Waals surface area (Å²) in [5, 5.41) is 4.41. The number of ether oxygens (including phenoxy) is 1. The molecular formula is C35H26F9N3O3S. The van der Waals surface area contributed by atoms with Gasteiger partial charge in [-0.05, 0) is 84.5 Å². The van der Waals surface area contributed by atoms with E-state index in [2.05, 4.69) is 14.8 Å². The first kappa shape index (κ1) is 36.1. The van der Waals surface area contributed by atoms with Crippen molar-refractivity contribution in [1.29, 1.82) is 0 Å². The number of hydrogen-bond donors (Lipinski definition) is 0. The topological polar surface area (TPSA) is 74.1 Å². The molecule has 1 aliphatic rings. The summed E-state index contributed by atoms with van der Waals surface area (Å²) in [6.07, 6.45) is -8.12. The molecule has 6 rings (SSSR count). The van der Waals surface area contributed by atoms with Gasteiger partial charge in [-0.1, -0.05) is 30.3 Å². The Kier molecular flexibility index (Phi) is 9.29. The Hall–Kier alpha value is -4.70. The molecule has 5 aromatic rings. The molecule has 0 bridgehead atoms. The highest BCUT2D eigenvalue weighted by Gasteiger charge is 2.73. The van der Waals surface area contributed by atoms with Crippen LogP contribution in [0.2, 0.25) is 0 Å². The van der Waals surface area contributed by atoms with Crippen LogP contribution in [-0.4, -0.2) is 35.5 Å². The van der Waals surface area contributed by atoms with E-state index >= 15 is 0 Å². The second kappa shape index (κ2) is 13.1. The molecule has 2 aromatic heterocycles. The smallest absolute Gasteiger partial charge is 0.349 e. The number of halogens is 9. The van der Waals surface area contributed by atoms with Crippen molar-refractivity contribution in [3.63, 3.8) is 0 Å². The summed E-state index contributed by atoms with van der Waals surface area (Å²) in [4.78, 5) is 3.65. The van der Waals surface area contributed by atoms with E-state index in [-0.39, 0.29) is 29.7 Å². The minimum absolute atomic E-state index is 0.0922. The zero-order valence-electron chi connectivity index (χ0n) is 26.1. The predicted octanol–water partition coefficient (Wildman–Crippen LogP) is 8.14. The van der Waals surface area contributed by atoms with Gasteiger partial charge in [-0.25, -0.2) is 21.6 Å². The van der Waals surface area contributed by atoms with Crippen molar-refractivity contribution in [2.75, 3.05) is 0 Å². The van der Waals surface area contributed by atoms with Crippen LogP contribution in [0.25, 0.3) is 0 Å². The Labute approximate surface area is 285 Å². The molecule has 268 valence electrons. The van der Waals surface area contributed by atoms with Crippen LogP contribution < -0.4 is 0 Å². The van der Waals surface area contributed by atoms with E-state index in [4.69, 9.17) is 0 Å². The van der Waals surface area contributed by atoms with Crippen molar-refractivity contribution in [3.05, 3.63) is 148 Å². The Bertz CT molecular complexity index is 2100. The van der Waals surface area contributed by atoms with Crippen LogP contribution in [0.3, 0.4) is 0 Å². The zero-order valence-corrected chi connectivity index (χ0v) is 27.0. The fourth-order valence-electron chi connectivity index (χ4n) is 6.47. The lowest BCUT2D eigenvalue weighted by atomic mass is 9.80. The fraction of sp³-hybridized carbons (Fsp3) is 0.257. The first-order valence-electron chi connectivity index (χ1n) is 15.2. The number of rotatable bonds is 9. The lowest BCUT2D eigenvalue weighted by molar-refractivity contribution is -0.392. The van der Waals surface area contributed by atoms with Crippen LogP contribution in [0.4, 0.5) is 39.5 Å². The third-order valence-electron chi connectivity index (χ3n) is 9.11. The van der Waals surface area contributed by atoms with E-state index in [0.29, 0.717) is 42.1 Å². The van der Waals surface area contributed by atoms with E-state index in [1.54, 1.807) is 29.2 Å². The van der Waals surface area contributed by atoms with Crippen molar-refractivity contribution in [2.24, 2.45) is 0 Å². The van der Waals surface area contributed by atoms with Gasteiger partial charge in [-0.2, -0.15) is 31.4 Å². The molecule has 0 aliphatic heterocycles. The van der Waals surface area contributed by atoms with Crippen molar-refractivity contribution < 1.29 is 52.7 Å². The van der Waals surface area contributed by atoms with E-state index in [9.17, 15) is 47.9 Å². The summed E-state index contributed by atoms with van der Waals surface area (Å²) in [6.45, 7) is -1.42. The average molecular weight is 740 g/mol. The quantitative estimate of drug-likeness (QED) is 0.113. The first-order chi connectivity index (χ1) is 24.0. The van der Waals surface area contributed by atoms with Crippen molar-refractivity contribution >= 4 is 9.84 Å². The zero-order chi connectivity index (χ0) is 36.8. The number of alkyl halides is 6. The molecule has 0 N–H and O–H groups in total. The third-order valence-corrected chi connectivity index (χ3v) is 11.6. The summed E-state index contributed by atoms with van der Waals surface area (Å²) < 4.78 is 163. The van der Waals surface area contributed by atoms with Crippen LogP contribution in [0.1, 0.15) is 39.9 Å². The van der Waals surface area contributed by atoms with Gasteiger partial charge in [0.2, 0.25) is 0 Å². The Morgan fingerprint density at radius 3 is 2.00 bits per heavy atom. The highest BCUT2D eigenvalue weighted by atomic mass is 32.2. The summed E-state index contributed by atoms with van der Waals surface area (Å²) in [7, 11) is -4.52. The molecule has 0 saturated carbocycles. The molecule has 6 nitrogen and oxygen atoms in total. The summed E-state index contributed by atoms with van der Waals surface area (Å²) in [5.41, 5.74) is -5.88. The van der Waals surface area contributed by atoms with Gasteiger partial charge in [0.25, 0.3) is 5.60 Å². The second-order valence-corrected chi connectivity index (χ2v) is 14.3. The Balaban J connectivity index is 1.45. The number of pyridine rings is 1. The number of aromatic nitrogens is 3. The van der Waals surface area contributed by atoms with Gasteiger partial charge in [-0.3, -0.25) is 9.67 Å². The fourth-order valence-corrected chi connectivity index (χ4v) is 8.57. The van der Waals surface area contributed by atoms with Gasteiger partial charge in [0.05, 0.1) is 24.2 Å². The lowest BCUT2D eigenvalue weighted by Gasteiger charge is -2.39. The van der Waals surface area contributed by atoms with E-state index in [1.165, 1.54) is 6.20 Å². The lowest BCUT2D eigenvalue weighted by Crippen LogP contribution is -2.56. The molecule has 0 fully saturated rings. The van der Waals surface area contributed by atoms with Gasteiger partial charge in [0.1, 0.15) is 22.2 Å². The van der Waals surface area contributed by atoms with Gasteiger partial charge >= 0.3 is 12.4 Å². The molecule has 0 radical (unpaired) electrons. The molecule has 0 spiro atoms. The number of hydrogen-bond acceptors (Lipinski definition) is 5. The van der Waals surface area contributed by atoms with Crippen LogP contribution in [-0.2, 0) is 50.9 Å². The standard InChI is InChI=1S/C35H26F9N3O3S/c36-26-8-10-27(11-9-26)51(48,49)32(15-12-31-23(18-32)19-46-47(31)20-22-13-16-45-17-14-22)24-4-6-25(7-5-24)33(34(39,40)41,35(42,43)44)50-21-28-29(37)2-1-3-30(28)38/h1-11,13-14,16-17,19H,12,15,18,20-21H2. The number of fused-ring (bicyclic) bond motifs is 1. The predicted molar refractivity (Wildman–Crippen MR) is 164 cm³/mol. The molecule has 1 aliphatic carbocycles. The van der Waals surface area contributed by atoms with Crippen LogP contribution in [0.5, 0.6) is 0 Å². The summed E-state index contributed by atoms with van der Waals surface area (Å²) in [5.74, 6) is -3.57. The molecule has 1 atom stereocenters. The van der Waals surface area contributed by atoms with Gasteiger partial charge in [0.15, 0.2) is 9.84 Å². The monoisotopic (exact) mass is 739 g/mol. The maximum absolute atomic E-state index is 14.6. The van der Waals surface area contributed by atoms with Crippen molar-refractivity contribution in [3.8, 4) is 0 Å².